The first-order valence-electron chi connectivity index (χ1n) is 4.31. The van der Waals surface area contributed by atoms with Crippen LogP contribution in [-0.2, 0) is 0 Å². The van der Waals surface area contributed by atoms with E-state index in [-0.39, 0.29) is 0 Å². The summed E-state index contributed by atoms with van der Waals surface area (Å²) in [5.41, 5.74) is 7.06. The third-order valence-corrected chi connectivity index (χ3v) is 3.10. The van der Waals surface area contributed by atoms with Crippen molar-refractivity contribution in [3.63, 3.8) is 0 Å². The lowest BCUT2D eigenvalue weighted by molar-refractivity contribution is 0.411. The van der Waals surface area contributed by atoms with Crippen LogP contribution in [0.1, 0.15) is 17.9 Å². The molecule has 0 saturated heterocycles. The molecule has 0 amide bonds. The molecule has 1 aliphatic carbocycles. The van der Waals surface area contributed by atoms with Gasteiger partial charge in [0.05, 0.1) is 11.6 Å². The molecule has 2 rings (SSSR count). The highest BCUT2D eigenvalue weighted by Crippen LogP contribution is 2.41. The summed E-state index contributed by atoms with van der Waals surface area (Å²) in [5, 5.41) is 0. The fourth-order valence-electron chi connectivity index (χ4n) is 1.50. The Morgan fingerprint density at radius 2 is 2.23 bits per heavy atom. The van der Waals surface area contributed by atoms with E-state index in [4.69, 9.17) is 10.5 Å². The van der Waals surface area contributed by atoms with Gasteiger partial charge in [0.2, 0.25) is 0 Å². The maximum atomic E-state index is 5.78. The number of rotatable bonds is 2. The van der Waals surface area contributed by atoms with E-state index < -0.39 is 0 Å². The van der Waals surface area contributed by atoms with Crippen molar-refractivity contribution in [3.8, 4) is 5.75 Å². The van der Waals surface area contributed by atoms with E-state index in [0.717, 1.165) is 16.6 Å². The average molecular weight is 242 g/mol. The molecule has 1 aromatic rings. The largest absolute Gasteiger partial charge is 0.496 e. The second kappa shape index (κ2) is 3.31. The zero-order valence-electron chi connectivity index (χ0n) is 7.46. The normalized spacial score (nSPS) is 25.8. The highest BCUT2D eigenvalue weighted by molar-refractivity contribution is 9.10. The minimum absolute atomic E-state index is 0.353. The molecule has 0 aromatic heterocycles. The Morgan fingerprint density at radius 1 is 1.54 bits per heavy atom. The summed E-state index contributed by atoms with van der Waals surface area (Å²) in [6.45, 7) is 0. The van der Waals surface area contributed by atoms with Crippen LogP contribution in [0.5, 0.6) is 5.75 Å². The highest BCUT2D eigenvalue weighted by Gasteiger charge is 2.35. The number of benzene rings is 1. The number of halogens is 1. The first-order chi connectivity index (χ1) is 6.22. The molecule has 0 aliphatic heterocycles. The number of hydrogen-bond donors (Lipinski definition) is 1. The highest BCUT2D eigenvalue weighted by atomic mass is 79.9. The first-order valence-corrected chi connectivity index (χ1v) is 5.10. The minimum Gasteiger partial charge on any atom is -0.496 e. The van der Waals surface area contributed by atoms with Crippen molar-refractivity contribution < 1.29 is 4.74 Å². The van der Waals surface area contributed by atoms with Gasteiger partial charge in [-0.15, -0.1) is 0 Å². The van der Waals surface area contributed by atoms with E-state index in [0.29, 0.717) is 12.0 Å². The van der Waals surface area contributed by atoms with Crippen LogP contribution < -0.4 is 10.5 Å². The fourth-order valence-corrected chi connectivity index (χ4v) is 1.91. The van der Waals surface area contributed by atoms with E-state index >= 15 is 0 Å². The summed E-state index contributed by atoms with van der Waals surface area (Å²) >= 11 is 3.42. The Hall–Kier alpha value is -0.540. The van der Waals surface area contributed by atoms with E-state index in [1.54, 1.807) is 7.11 Å². The van der Waals surface area contributed by atoms with Gasteiger partial charge in [0, 0.05) is 12.0 Å². The smallest absolute Gasteiger partial charge is 0.133 e. The van der Waals surface area contributed by atoms with E-state index in [2.05, 4.69) is 28.1 Å². The molecule has 70 valence electrons. The van der Waals surface area contributed by atoms with Gasteiger partial charge in [-0.2, -0.15) is 0 Å². The van der Waals surface area contributed by atoms with E-state index in [1.165, 1.54) is 5.56 Å². The standard InChI is InChI=1S/C10H12BrNO/c1-13-10-4-6(2-3-8(10)11)7-5-9(7)12/h2-4,7,9H,5,12H2,1H3/t7-,9+/m0/s1. The molecule has 2 N–H and O–H groups in total. The summed E-state index contributed by atoms with van der Waals surface area (Å²) < 4.78 is 6.20. The Balaban J connectivity index is 2.28. The summed E-state index contributed by atoms with van der Waals surface area (Å²) in [7, 11) is 1.68. The molecule has 1 aromatic carbocycles. The van der Waals surface area contributed by atoms with Crippen LogP contribution in [0.25, 0.3) is 0 Å². The van der Waals surface area contributed by atoms with E-state index in [1.807, 2.05) is 6.07 Å². The van der Waals surface area contributed by atoms with Gasteiger partial charge in [0.25, 0.3) is 0 Å². The molecular weight excluding hydrogens is 230 g/mol. The lowest BCUT2D eigenvalue weighted by Crippen LogP contribution is -2.01. The maximum absolute atomic E-state index is 5.78. The molecule has 1 aliphatic rings. The predicted octanol–water partition coefficient (Wildman–Crippen LogP) is 2.27. The van der Waals surface area contributed by atoms with Gasteiger partial charge >= 0.3 is 0 Å². The summed E-state index contributed by atoms with van der Waals surface area (Å²) in [5.74, 6) is 1.43. The second-order valence-electron chi connectivity index (χ2n) is 3.40. The lowest BCUT2D eigenvalue weighted by Gasteiger charge is -2.05. The van der Waals surface area contributed by atoms with Crippen LogP contribution in [0.4, 0.5) is 0 Å². The summed E-state index contributed by atoms with van der Waals surface area (Å²) in [6.07, 6.45) is 1.10. The van der Waals surface area contributed by atoms with Crippen molar-refractivity contribution in [2.24, 2.45) is 5.73 Å². The van der Waals surface area contributed by atoms with Crippen molar-refractivity contribution in [2.75, 3.05) is 7.11 Å². The van der Waals surface area contributed by atoms with Crippen LogP contribution in [0, 0.1) is 0 Å². The molecule has 1 saturated carbocycles. The fraction of sp³-hybridized carbons (Fsp3) is 0.400. The van der Waals surface area contributed by atoms with Gasteiger partial charge in [0.1, 0.15) is 5.75 Å². The SMILES string of the molecule is COc1cc([C@@H]2C[C@H]2N)ccc1Br. The molecule has 1 fully saturated rings. The molecule has 2 nitrogen and oxygen atoms in total. The van der Waals surface area contributed by atoms with Gasteiger partial charge in [-0.25, -0.2) is 0 Å². The van der Waals surface area contributed by atoms with Crippen LogP contribution in [0.3, 0.4) is 0 Å². The Bertz CT molecular complexity index is 327. The molecule has 13 heavy (non-hydrogen) atoms. The van der Waals surface area contributed by atoms with Crippen molar-refractivity contribution in [2.45, 2.75) is 18.4 Å². The van der Waals surface area contributed by atoms with Crippen molar-refractivity contribution >= 4 is 15.9 Å². The molecular formula is C10H12BrNO. The van der Waals surface area contributed by atoms with Crippen LogP contribution in [0.15, 0.2) is 22.7 Å². The molecule has 0 unspecified atom stereocenters. The van der Waals surface area contributed by atoms with Crippen LogP contribution in [0.2, 0.25) is 0 Å². The topological polar surface area (TPSA) is 35.2 Å². The molecule has 0 bridgehead atoms. The monoisotopic (exact) mass is 241 g/mol. The summed E-state index contributed by atoms with van der Waals surface area (Å²) in [4.78, 5) is 0. The molecule has 3 heteroatoms. The Morgan fingerprint density at radius 3 is 2.77 bits per heavy atom. The van der Waals surface area contributed by atoms with E-state index in [9.17, 15) is 0 Å². The van der Waals surface area contributed by atoms with Gasteiger partial charge in [-0.05, 0) is 40.0 Å². The minimum atomic E-state index is 0.353. The third-order valence-electron chi connectivity index (χ3n) is 2.44. The number of ether oxygens (including phenoxy) is 1. The first kappa shape index (κ1) is 9.03. The maximum Gasteiger partial charge on any atom is 0.133 e. The van der Waals surface area contributed by atoms with Crippen LogP contribution in [-0.4, -0.2) is 13.2 Å². The van der Waals surface area contributed by atoms with Gasteiger partial charge in [-0.3, -0.25) is 0 Å². The zero-order valence-corrected chi connectivity index (χ0v) is 9.04. The number of hydrogen-bond acceptors (Lipinski definition) is 2. The average Bonchev–Trinajstić information content (AvgIpc) is 2.84. The number of nitrogens with two attached hydrogens (primary N) is 1. The molecule has 0 spiro atoms. The second-order valence-corrected chi connectivity index (χ2v) is 4.25. The molecule has 0 heterocycles. The van der Waals surface area contributed by atoms with Gasteiger partial charge in [-0.1, -0.05) is 6.07 Å². The molecule has 0 radical (unpaired) electrons. The quantitative estimate of drug-likeness (QED) is 0.863. The molecule has 2 atom stereocenters. The third kappa shape index (κ3) is 1.71. The predicted molar refractivity (Wildman–Crippen MR) is 56.0 cm³/mol. The van der Waals surface area contributed by atoms with Crippen LogP contribution >= 0.6 is 15.9 Å². The van der Waals surface area contributed by atoms with Crippen molar-refractivity contribution in [1.82, 2.24) is 0 Å². The Kier molecular flexibility index (Phi) is 2.30. The van der Waals surface area contributed by atoms with Crippen molar-refractivity contribution in [3.05, 3.63) is 28.2 Å². The van der Waals surface area contributed by atoms with Gasteiger partial charge in [0.15, 0.2) is 0 Å². The zero-order chi connectivity index (χ0) is 9.42. The van der Waals surface area contributed by atoms with Gasteiger partial charge < -0.3 is 10.5 Å². The number of methoxy groups -OCH3 is 1. The lowest BCUT2D eigenvalue weighted by atomic mass is 10.1. The van der Waals surface area contributed by atoms with Crippen molar-refractivity contribution in [1.29, 1.82) is 0 Å². The summed E-state index contributed by atoms with van der Waals surface area (Å²) in [6, 6.07) is 6.52. The Labute approximate surface area is 86.2 Å².